The number of aromatic nitrogens is 3. The van der Waals surface area contributed by atoms with E-state index in [1.54, 1.807) is 6.07 Å². The van der Waals surface area contributed by atoms with E-state index in [4.69, 9.17) is 5.73 Å². The number of nitrogen functional groups attached to an aromatic ring is 1. The highest BCUT2D eigenvalue weighted by molar-refractivity contribution is 6.10. The zero-order valence-electron chi connectivity index (χ0n) is 19.0. The van der Waals surface area contributed by atoms with Gasteiger partial charge in [0.25, 0.3) is 5.91 Å². The molecule has 0 radical (unpaired) electrons. The number of fused-ring (bicyclic) bond motifs is 2. The Hall–Kier alpha value is -4.14. The number of phenolic OH excluding ortho intramolecular Hbond substituents is 2. The van der Waals surface area contributed by atoms with Gasteiger partial charge in [-0.2, -0.15) is 9.78 Å². The Kier molecular flexibility index (Phi) is 6.91. The topological polar surface area (TPSA) is 139 Å². The van der Waals surface area contributed by atoms with E-state index in [1.807, 2.05) is 24.3 Å². The van der Waals surface area contributed by atoms with Crippen molar-refractivity contribution >= 4 is 40.1 Å². The second kappa shape index (κ2) is 10.2. The van der Waals surface area contributed by atoms with Crippen molar-refractivity contribution in [3.8, 4) is 11.5 Å². The first-order valence-electron chi connectivity index (χ1n) is 11.4. The third-order valence-electron chi connectivity index (χ3n) is 5.59. The number of nitrogens with one attached hydrogen (secondary N) is 1. The molecule has 1 amide bonds. The lowest BCUT2D eigenvalue weighted by molar-refractivity contribution is 0.0955. The number of hydrogen-bond acceptors (Lipinski definition) is 7. The number of amides is 1. The standard InChI is InChI=1S/C25H28N6O3/c1-2-3-4-5-8-13-27-25(34)21-22-24(30-18-10-7-6-9-17(18)29-22)31(23(21)26)28-15-16-11-12-19(32)20(33)14-16/h6-7,9-12,14-15,32-33H,2-5,8,13,26H2,1H3,(H,27,34)/b28-15-. The first kappa shape index (κ1) is 23.0. The summed E-state index contributed by atoms with van der Waals surface area (Å²) >= 11 is 0. The number of nitrogens with zero attached hydrogens (tertiary/aromatic N) is 4. The summed E-state index contributed by atoms with van der Waals surface area (Å²) in [6.07, 6.45) is 6.90. The smallest absolute Gasteiger partial charge is 0.257 e. The molecule has 34 heavy (non-hydrogen) atoms. The van der Waals surface area contributed by atoms with Crippen LogP contribution in [0.3, 0.4) is 0 Å². The molecule has 2 aromatic heterocycles. The normalized spacial score (nSPS) is 11.6. The Morgan fingerprint density at radius 3 is 2.53 bits per heavy atom. The van der Waals surface area contributed by atoms with Gasteiger partial charge in [-0.1, -0.05) is 44.7 Å². The highest BCUT2D eigenvalue weighted by Gasteiger charge is 2.23. The van der Waals surface area contributed by atoms with E-state index in [1.165, 1.54) is 35.9 Å². The summed E-state index contributed by atoms with van der Waals surface area (Å²) < 4.78 is 1.37. The van der Waals surface area contributed by atoms with Crippen LogP contribution in [-0.2, 0) is 0 Å². The summed E-state index contributed by atoms with van der Waals surface area (Å²) in [7, 11) is 0. The second-order valence-corrected chi connectivity index (χ2v) is 8.12. The fraction of sp³-hybridized carbons (Fsp3) is 0.280. The second-order valence-electron chi connectivity index (χ2n) is 8.12. The number of hydrogen-bond donors (Lipinski definition) is 4. The van der Waals surface area contributed by atoms with Gasteiger partial charge in [0, 0.05) is 6.54 Å². The predicted octanol–water partition coefficient (Wildman–Crippen LogP) is 4.16. The van der Waals surface area contributed by atoms with Crippen molar-refractivity contribution in [1.29, 1.82) is 0 Å². The molecule has 0 unspecified atom stereocenters. The fourth-order valence-corrected chi connectivity index (χ4v) is 3.75. The molecule has 2 heterocycles. The summed E-state index contributed by atoms with van der Waals surface area (Å²) in [4.78, 5) is 22.4. The number of para-hydroxylation sites is 2. The van der Waals surface area contributed by atoms with Crippen LogP contribution in [0.5, 0.6) is 11.5 Å². The number of rotatable bonds is 9. The number of anilines is 1. The third kappa shape index (κ3) is 4.78. The van der Waals surface area contributed by atoms with Crippen LogP contribution >= 0.6 is 0 Å². The van der Waals surface area contributed by atoms with Gasteiger partial charge in [-0.25, -0.2) is 9.97 Å². The first-order valence-corrected chi connectivity index (χ1v) is 11.4. The minimum Gasteiger partial charge on any atom is -0.504 e. The maximum absolute atomic E-state index is 13.1. The monoisotopic (exact) mass is 460 g/mol. The Bertz CT molecular complexity index is 1360. The van der Waals surface area contributed by atoms with Gasteiger partial charge in [0.05, 0.1) is 17.2 Å². The van der Waals surface area contributed by atoms with Crippen molar-refractivity contribution in [3.63, 3.8) is 0 Å². The number of nitrogens with two attached hydrogens (primary N) is 1. The van der Waals surface area contributed by atoms with E-state index in [2.05, 4.69) is 27.3 Å². The number of unbranched alkanes of at least 4 members (excludes halogenated alkanes) is 4. The molecule has 0 aliphatic rings. The van der Waals surface area contributed by atoms with E-state index in [-0.39, 0.29) is 28.8 Å². The Labute approximate surface area is 196 Å². The van der Waals surface area contributed by atoms with E-state index in [0.717, 1.165) is 19.3 Å². The van der Waals surface area contributed by atoms with Crippen LogP contribution in [0.15, 0.2) is 47.6 Å². The number of aromatic hydroxyl groups is 2. The molecule has 0 aliphatic heterocycles. The van der Waals surface area contributed by atoms with Crippen LogP contribution in [0.2, 0.25) is 0 Å². The van der Waals surface area contributed by atoms with Gasteiger partial charge >= 0.3 is 0 Å². The van der Waals surface area contributed by atoms with Crippen molar-refractivity contribution in [2.24, 2.45) is 5.10 Å². The largest absolute Gasteiger partial charge is 0.504 e. The number of benzene rings is 2. The molecule has 0 saturated heterocycles. The molecule has 5 N–H and O–H groups in total. The number of phenols is 2. The van der Waals surface area contributed by atoms with E-state index in [0.29, 0.717) is 34.3 Å². The van der Waals surface area contributed by atoms with Crippen LogP contribution in [0.1, 0.15) is 54.9 Å². The highest BCUT2D eigenvalue weighted by Crippen LogP contribution is 2.28. The minimum atomic E-state index is -0.321. The molecule has 0 bridgehead atoms. The van der Waals surface area contributed by atoms with Crippen LogP contribution in [0.4, 0.5) is 5.82 Å². The Morgan fingerprint density at radius 2 is 1.79 bits per heavy atom. The third-order valence-corrected chi connectivity index (χ3v) is 5.59. The van der Waals surface area contributed by atoms with E-state index < -0.39 is 0 Å². The molecular formula is C25H28N6O3. The zero-order valence-corrected chi connectivity index (χ0v) is 19.0. The van der Waals surface area contributed by atoms with Gasteiger partial charge in [-0.15, -0.1) is 0 Å². The van der Waals surface area contributed by atoms with Crippen molar-refractivity contribution < 1.29 is 15.0 Å². The van der Waals surface area contributed by atoms with Gasteiger partial charge in [0.1, 0.15) is 16.9 Å². The molecule has 0 fully saturated rings. The van der Waals surface area contributed by atoms with Crippen LogP contribution in [-0.4, -0.2) is 43.5 Å². The van der Waals surface area contributed by atoms with Crippen LogP contribution in [0, 0.1) is 0 Å². The van der Waals surface area contributed by atoms with Crippen molar-refractivity contribution in [2.45, 2.75) is 39.0 Å². The molecule has 4 aromatic rings. The summed E-state index contributed by atoms with van der Waals surface area (Å²) in [6.45, 7) is 2.71. The van der Waals surface area contributed by atoms with Gasteiger partial charge in [-0.3, -0.25) is 4.79 Å². The summed E-state index contributed by atoms with van der Waals surface area (Å²) in [5, 5.41) is 26.6. The van der Waals surface area contributed by atoms with Gasteiger partial charge in [0.15, 0.2) is 17.1 Å². The average molecular weight is 461 g/mol. The first-order chi connectivity index (χ1) is 16.5. The molecular weight excluding hydrogens is 432 g/mol. The predicted molar refractivity (Wildman–Crippen MR) is 133 cm³/mol. The van der Waals surface area contributed by atoms with Crippen LogP contribution in [0.25, 0.3) is 22.2 Å². The molecule has 0 atom stereocenters. The van der Waals surface area contributed by atoms with Gasteiger partial charge in [-0.05, 0) is 42.3 Å². The zero-order chi connectivity index (χ0) is 24.1. The molecule has 9 heteroatoms. The highest BCUT2D eigenvalue weighted by atomic mass is 16.3. The maximum atomic E-state index is 13.1. The number of carbonyl (C=O) groups excluding carboxylic acids is 1. The van der Waals surface area contributed by atoms with E-state index >= 15 is 0 Å². The average Bonchev–Trinajstić information content (AvgIpc) is 3.10. The lowest BCUT2D eigenvalue weighted by atomic mass is 10.1. The molecule has 0 aliphatic carbocycles. The Morgan fingerprint density at radius 1 is 1.06 bits per heavy atom. The van der Waals surface area contributed by atoms with Crippen molar-refractivity contribution in [2.75, 3.05) is 12.3 Å². The molecule has 0 spiro atoms. The molecule has 4 rings (SSSR count). The summed E-state index contributed by atoms with van der Waals surface area (Å²) in [6, 6.07) is 11.7. The van der Waals surface area contributed by atoms with E-state index in [9.17, 15) is 15.0 Å². The molecule has 9 nitrogen and oxygen atoms in total. The van der Waals surface area contributed by atoms with Crippen LogP contribution < -0.4 is 11.1 Å². The summed E-state index contributed by atoms with van der Waals surface area (Å²) in [5.74, 6) is -0.694. The molecule has 0 saturated carbocycles. The minimum absolute atomic E-state index is 0.119. The number of carbonyl (C=O) groups is 1. The molecule has 2 aromatic carbocycles. The maximum Gasteiger partial charge on any atom is 0.257 e. The van der Waals surface area contributed by atoms with Crippen molar-refractivity contribution in [1.82, 2.24) is 20.0 Å². The lowest BCUT2D eigenvalue weighted by Gasteiger charge is -2.05. The van der Waals surface area contributed by atoms with Crippen molar-refractivity contribution in [3.05, 3.63) is 53.6 Å². The summed E-state index contributed by atoms with van der Waals surface area (Å²) in [5.41, 5.74) is 9.16. The SMILES string of the molecule is CCCCCCCNC(=O)c1c(N)n(/N=C\c2ccc(O)c(O)c2)c2nc3ccccc3nc12. The quantitative estimate of drug-likeness (QED) is 0.168. The lowest BCUT2D eigenvalue weighted by Crippen LogP contribution is -2.25. The fourth-order valence-electron chi connectivity index (χ4n) is 3.75. The molecule has 176 valence electrons. The Balaban J connectivity index is 1.70. The van der Waals surface area contributed by atoms with Gasteiger partial charge < -0.3 is 21.3 Å². The van der Waals surface area contributed by atoms with Gasteiger partial charge in [0.2, 0.25) is 0 Å².